The van der Waals surface area contributed by atoms with E-state index in [-0.39, 0.29) is 18.1 Å². The molecule has 18 heavy (non-hydrogen) atoms. The third-order valence-electron chi connectivity index (χ3n) is 3.19. The van der Waals surface area contributed by atoms with Crippen molar-refractivity contribution in [2.45, 2.75) is 25.8 Å². The van der Waals surface area contributed by atoms with Gasteiger partial charge in [0.05, 0.1) is 6.54 Å². The van der Waals surface area contributed by atoms with Crippen molar-refractivity contribution < 1.29 is 13.6 Å². The molecule has 1 aromatic carbocycles. The van der Waals surface area contributed by atoms with Crippen molar-refractivity contribution in [1.82, 2.24) is 4.90 Å². The van der Waals surface area contributed by atoms with Crippen LogP contribution in [-0.2, 0) is 4.79 Å². The number of nitrogens with zero attached hydrogens (tertiary/aromatic N) is 1. The van der Waals surface area contributed by atoms with Crippen LogP contribution in [0.2, 0.25) is 0 Å². The van der Waals surface area contributed by atoms with Crippen LogP contribution < -0.4 is 5.32 Å². The highest BCUT2D eigenvalue weighted by Gasteiger charge is 2.29. The fraction of sp³-hybridized carbons (Fsp3) is 0.462. The zero-order valence-electron chi connectivity index (χ0n) is 10.5. The predicted molar refractivity (Wildman–Crippen MR) is 65.4 cm³/mol. The molecule has 0 saturated heterocycles. The lowest BCUT2D eigenvalue weighted by Gasteiger charge is -2.17. The number of hydrogen-bond acceptors (Lipinski definition) is 2. The number of halogens is 2. The van der Waals surface area contributed by atoms with Crippen LogP contribution in [0.3, 0.4) is 0 Å². The van der Waals surface area contributed by atoms with E-state index in [4.69, 9.17) is 0 Å². The Morgan fingerprint density at radius 1 is 1.44 bits per heavy atom. The quantitative estimate of drug-likeness (QED) is 0.894. The number of amides is 1. The van der Waals surface area contributed by atoms with Gasteiger partial charge in [-0.05, 0) is 31.4 Å². The van der Waals surface area contributed by atoms with Crippen LogP contribution in [0.1, 0.15) is 18.4 Å². The van der Waals surface area contributed by atoms with E-state index in [1.165, 1.54) is 12.1 Å². The van der Waals surface area contributed by atoms with E-state index in [0.29, 0.717) is 11.6 Å². The second-order valence-corrected chi connectivity index (χ2v) is 4.64. The van der Waals surface area contributed by atoms with Crippen molar-refractivity contribution >= 4 is 11.6 Å². The molecule has 0 aromatic heterocycles. The zero-order chi connectivity index (χ0) is 13.3. The van der Waals surface area contributed by atoms with Gasteiger partial charge in [0.25, 0.3) is 0 Å². The number of rotatable bonds is 4. The Labute approximate surface area is 105 Å². The summed E-state index contributed by atoms with van der Waals surface area (Å²) in [5.74, 6) is -1.48. The van der Waals surface area contributed by atoms with Gasteiger partial charge in [0.15, 0.2) is 5.82 Å². The number of carbonyl (C=O) groups excluding carboxylic acids is 1. The third kappa shape index (κ3) is 2.60. The van der Waals surface area contributed by atoms with Crippen LogP contribution in [0.25, 0.3) is 0 Å². The van der Waals surface area contributed by atoms with Gasteiger partial charge in [-0.25, -0.2) is 8.78 Å². The predicted octanol–water partition coefficient (Wildman–Crippen LogP) is 2.31. The summed E-state index contributed by atoms with van der Waals surface area (Å²) >= 11 is 0. The molecule has 0 radical (unpaired) electrons. The molecule has 5 heteroatoms. The SMILES string of the molecule is Cc1ccc(F)c(NCC(=O)N(C)C2CC2)c1F. The summed E-state index contributed by atoms with van der Waals surface area (Å²) < 4.78 is 27.1. The Hall–Kier alpha value is -1.65. The van der Waals surface area contributed by atoms with Crippen LogP contribution in [0, 0.1) is 18.6 Å². The minimum absolute atomic E-state index is 0.0930. The smallest absolute Gasteiger partial charge is 0.241 e. The van der Waals surface area contributed by atoms with Crippen LogP contribution >= 0.6 is 0 Å². The molecule has 98 valence electrons. The van der Waals surface area contributed by atoms with Crippen molar-refractivity contribution in [3.63, 3.8) is 0 Å². The van der Waals surface area contributed by atoms with Gasteiger partial charge >= 0.3 is 0 Å². The van der Waals surface area contributed by atoms with Gasteiger partial charge in [-0.2, -0.15) is 0 Å². The van der Waals surface area contributed by atoms with Crippen molar-refractivity contribution in [3.8, 4) is 0 Å². The van der Waals surface area contributed by atoms with Crippen molar-refractivity contribution in [1.29, 1.82) is 0 Å². The molecule has 0 heterocycles. The number of nitrogens with one attached hydrogen (secondary N) is 1. The highest BCUT2D eigenvalue weighted by molar-refractivity contribution is 5.81. The summed E-state index contributed by atoms with van der Waals surface area (Å²) in [4.78, 5) is 13.3. The Kier molecular flexibility index (Phi) is 3.50. The molecule has 1 aromatic rings. The first kappa shape index (κ1) is 12.8. The monoisotopic (exact) mass is 254 g/mol. The second-order valence-electron chi connectivity index (χ2n) is 4.64. The number of benzene rings is 1. The minimum Gasteiger partial charge on any atom is -0.371 e. The summed E-state index contributed by atoms with van der Waals surface area (Å²) in [6, 6.07) is 2.86. The molecule has 1 aliphatic rings. The fourth-order valence-corrected chi connectivity index (χ4v) is 1.77. The maximum Gasteiger partial charge on any atom is 0.241 e. The molecule has 0 bridgehead atoms. The molecule has 0 unspecified atom stereocenters. The van der Waals surface area contributed by atoms with Crippen LogP contribution in [0.5, 0.6) is 0 Å². The fourth-order valence-electron chi connectivity index (χ4n) is 1.77. The maximum absolute atomic E-state index is 13.7. The standard InChI is InChI=1S/C13H16F2N2O/c1-8-3-6-10(14)13(12(8)15)16-7-11(18)17(2)9-4-5-9/h3,6,9,16H,4-5,7H2,1-2H3. The molecular weight excluding hydrogens is 238 g/mol. The molecule has 1 saturated carbocycles. The summed E-state index contributed by atoms with van der Waals surface area (Å²) in [5.41, 5.74) is 0.120. The Morgan fingerprint density at radius 3 is 2.72 bits per heavy atom. The third-order valence-corrected chi connectivity index (χ3v) is 3.19. The minimum atomic E-state index is -0.681. The molecular formula is C13H16F2N2O. The zero-order valence-corrected chi connectivity index (χ0v) is 10.5. The van der Waals surface area contributed by atoms with Gasteiger partial charge in [0.2, 0.25) is 5.91 Å². The lowest BCUT2D eigenvalue weighted by molar-refractivity contribution is -0.128. The number of hydrogen-bond donors (Lipinski definition) is 1. The van der Waals surface area contributed by atoms with Gasteiger partial charge in [-0.15, -0.1) is 0 Å². The molecule has 1 amide bonds. The van der Waals surface area contributed by atoms with E-state index in [1.807, 2.05) is 0 Å². The van der Waals surface area contributed by atoms with E-state index < -0.39 is 11.6 Å². The second kappa shape index (κ2) is 4.92. The van der Waals surface area contributed by atoms with Crippen molar-refractivity contribution in [2.75, 3.05) is 18.9 Å². The van der Waals surface area contributed by atoms with E-state index in [9.17, 15) is 13.6 Å². The first-order valence-electron chi connectivity index (χ1n) is 5.95. The normalized spacial score (nSPS) is 14.4. The molecule has 1 fully saturated rings. The summed E-state index contributed by atoms with van der Waals surface area (Å²) in [7, 11) is 1.71. The van der Waals surface area contributed by atoms with Gasteiger partial charge in [0.1, 0.15) is 11.5 Å². The highest BCUT2D eigenvalue weighted by atomic mass is 19.1. The number of aryl methyl sites for hydroxylation is 1. The van der Waals surface area contributed by atoms with E-state index in [2.05, 4.69) is 5.32 Å². The van der Waals surface area contributed by atoms with Crippen LogP contribution in [0.4, 0.5) is 14.5 Å². The highest BCUT2D eigenvalue weighted by Crippen LogP contribution is 2.26. The Balaban J connectivity index is 2.01. The van der Waals surface area contributed by atoms with Crippen molar-refractivity contribution in [2.24, 2.45) is 0 Å². The average molecular weight is 254 g/mol. The molecule has 0 spiro atoms. The van der Waals surface area contributed by atoms with Gasteiger partial charge in [-0.3, -0.25) is 4.79 Å². The maximum atomic E-state index is 13.7. The molecule has 1 aliphatic carbocycles. The van der Waals surface area contributed by atoms with E-state index in [0.717, 1.165) is 12.8 Å². The lowest BCUT2D eigenvalue weighted by atomic mass is 10.2. The Morgan fingerprint density at radius 2 is 2.11 bits per heavy atom. The largest absolute Gasteiger partial charge is 0.371 e. The molecule has 1 N–H and O–H groups in total. The Bertz CT molecular complexity index is 472. The summed E-state index contributed by atoms with van der Waals surface area (Å²) in [6.07, 6.45) is 2.02. The summed E-state index contributed by atoms with van der Waals surface area (Å²) in [6.45, 7) is 1.46. The molecule has 3 nitrogen and oxygen atoms in total. The topological polar surface area (TPSA) is 32.3 Å². The lowest BCUT2D eigenvalue weighted by Crippen LogP contribution is -2.34. The van der Waals surface area contributed by atoms with E-state index >= 15 is 0 Å². The molecule has 0 atom stereocenters. The first-order valence-corrected chi connectivity index (χ1v) is 5.95. The van der Waals surface area contributed by atoms with Gasteiger partial charge in [0, 0.05) is 13.1 Å². The molecule has 2 rings (SSSR count). The number of carbonyl (C=O) groups is 1. The number of likely N-dealkylation sites (N-methyl/N-ethyl adjacent to an activating group) is 1. The first-order chi connectivity index (χ1) is 8.50. The van der Waals surface area contributed by atoms with E-state index in [1.54, 1.807) is 18.9 Å². The summed E-state index contributed by atoms with van der Waals surface area (Å²) in [5, 5.41) is 2.54. The van der Waals surface area contributed by atoms with Crippen molar-refractivity contribution in [3.05, 3.63) is 29.3 Å². The van der Waals surface area contributed by atoms with Crippen LogP contribution in [-0.4, -0.2) is 30.4 Å². The van der Waals surface area contributed by atoms with Crippen LogP contribution in [0.15, 0.2) is 12.1 Å². The molecule has 0 aliphatic heterocycles. The average Bonchev–Trinajstić information content (AvgIpc) is 3.17. The van der Waals surface area contributed by atoms with Gasteiger partial charge < -0.3 is 10.2 Å². The van der Waals surface area contributed by atoms with Gasteiger partial charge in [-0.1, -0.05) is 6.07 Å². The number of anilines is 1.